The average Bonchev–Trinajstić information content (AvgIpc) is 3.14. The molecule has 2 aliphatic rings. The summed E-state index contributed by atoms with van der Waals surface area (Å²) in [4.78, 5) is 2.44. The number of benzene rings is 2. The topological polar surface area (TPSA) is 43.0 Å². The lowest BCUT2D eigenvalue weighted by atomic mass is 10.1. The molecule has 2 aromatic carbocycles. The smallest absolute Gasteiger partial charge is 0.231 e. The molecule has 0 amide bonds. The van der Waals surface area contributed by atoms with Crippen molar-refractivity contribution in [2.75, 3.05) is 33.1 Å². The Balaban J connectivity index is 1.28. The molecule has 1 fully saturated rings. The maximum absolute atomic E-state index is 5.54. The van der Waals surface area contributed by atoms with Crippen LogP contribution in [-0.4, -0.2) is 38.0 Å². The summed E-state index contributed by atoms with van der Waals surface area (Å²) in [7, 11) is 0. The van der Waals surface area contributed by atoms with Gasteiger partial charge < -0.3 is 19.5 Å². The van der Waals surface area contributed by atoms with Gasteiger partial charge in [-0.25, -0.2) is 0 Å². The van der Waals surface area contributed by atoms with Crippen molar-refractivity contribution in [3.63, 3.8) is 0 Å². The lowest BCUT2D eigenvalue weighted by molar-refractivity contribution is 0.0342. The Labute approximate surface area is 148 Å². The molecule has 0 spiro atoms. The van der Waals surface area contributed by atoms with E-state index in [4.69, 9.17) is 14.2 Å². The highest BCUT2D eigenvalue weighted by Gasteiger charge is 2.16. The number of para-hydroxylation sites is 1. The minimum atomic E-state index is 0.316. The van der Waals surface area contributed by atoms with Gasteiger partial charge in [-0.05, 0) is 17.2 Å². The van der Waals surface area contributed by atoms with Gasteiger partial charge in [-0.2, -0.15) is 0 Å². The van der Waals surface area contributed by atoms with Gasteiger partial charge >= 0.3 is 0 Å². The molecule has 1 N–H and O–H groups in total. The van der Waals surface area contributed by atoms with Gasteiger partial charge in [0.25, 0.3) is 0 Å². The molecule has 2 aliphatic heterocycles. The first-order valence-corrected chi connectivity index (χ1v) is 8.84. The molecule has 2 heterocycles. The van der Waals surface area contributed by atoms with E-state index in [2.05, 4.69) is 40.5 Å². The van der Waals surface area contributed by atoms with Gasteiger partial charge in [-0.3, -0.25) is 4.90 Å². The van der Waals surface area contributed by atoms with Crippen LogP contribution in [0.5, 0.6) is 11.5 Å². The molecule has 0 unspecified atom stereocenters. The van der Waals surface area contributed by atoms with Crippen LogP contribution in [0.2, 0.25) is 0 Å². The predicted molar refractivity (Wildman–Crippen MR) is 95.6 cm³/mol. The highest BCUT2D eigenvalue weighted by atomic mass is 16.7. The Morgan fingerprint density at radius 1 is 0.880 bits per heavy atom. The summed E-state index contributed by atoms with van der Waals surface area (Å²) in [6.45, 7) is 6.67. The number of hydrogen-bond donors (Lipinski definition) is 1. The number of rotatable bonds is 6. The zero-order valence-corrected chi connectivity index (χ0v) is 14.4. The fourth-order valence-corrected chi connectivity index (χ4v) is 3.25. The quantitative estimate of drug-likeness (QED) is 0.875. The Morgan fingerprint density at radius 3 is 2.52 bits per heavy atom. The SMILES string of the molecule is c1cc(CNCc2ccc(CN3CCOCC3)cc2)c2c(c1)OCO2. The van der Waals surface area contributed by atoms with Crippen LogP contribution in [0.4, 0.5) is 0 Å². The maximum atomic E-state index is 5.54. The maximum Gasteiger partial charge on any atom is 0.231 e. The summed E-state index contributed by atoms with van der Waals surface area (Å²) >= 11 is 0. The third-order valence-corrected chi connectivity index (χ3v) is 4.66. The molecule has 4 rings (SSSR count). The van der Waals surface area contributed by atoms with Crippen molar-refractivity contribution in [1.82, 2.24) is 10.2 Å². The Morgan fingerprint density at radius 2 is 1.68 bits per heavy atom. The summed E-state index contributed by atoms with van der Waals surface area (Å²) in [5.74, 6) is 1.71. The van der Waals surface area contributed by atoms with Gasteiger partial charge in [0.15, 0.2) is 11.5 Å². The Kier molecular flexibility index (Phi) is 5.16. The van der Waals surface area contributed by atoms with Gasteiger partial charge in [-0.15, -0.1) is 0 Å². The third kappa shape index (κ3) is 4.12. The molecule has 0 saturated carbocycles. The van der Waals surface area contributed by atoms with Crippen LogP contribution in [0.3, 0.4) is 0 Å². The minimum absolute atomic E-state index is 0.316. The van der Waals surface area contributed by atoms with Crippen molar-refractivity contribution >= 4 is 0 Å². The second-order valence-electron chi connectivity index (χ2n) is 6.46. The largest absolute Gasteiger partial charge is 0.454 e. The second-order valence-corrected chi connectivity index (χ2v) is 6.46. The molecule has 132 valence electrons. The molecule has 0 aromatic heterocycles. The van der Waals surface area contributed by atoms with E-state index in [1.807, 2.05) is 12.1 Å². The third-order valence-electron chi connectivity index (χ3n) is 4.66. The van der Waals surface area contributed by atoms with Gasteiger partial charge in [-0.1, -0.05) is 36.4 Å². The van der Waals surface area contributed by atoms with E-state index < -0.39 is 0 Å². The molecule has 5 heteroatoms. The number of ether oxygens (including phenoxy) is 3. The molecule has 0 aliphatic carbocycles. The van der Waals surface area contributed by atoms with E-state index >= 15 is 0 Å². The van der Waals surface area contributed by atoms with Gasteiger partial charge in [0, 0.05) is 38.3 Å². The van der Waals surface area contributed by atoms with Crippen LogP contribution >= 0.6 is 0 Å². The highest BCUT2D eigenvalue weighted by molar-refractivity contribution is 5.48. The van der Waals surface area contributed by atoms with Crippen molar-refractivity contribution in [2.24, 2.45) is 0 Å². The molecule has 25 heavy (non-hydrogen) atoms. The summed E-state index contributed by atoms with van der Waals surface area (Å²) in [6, 6.07) is 14.9. The average molecular weight is 340 g/mol. The van der Waals surface area contributed by atoms with Crippen molar-refractivity contribution in [3.8, 4) is 11.5 Å². The van der Waals surface area contributed by atoms with E-state index in [-0.39, 0.29) is 0 Å². The number of nitrogens with one attached hydrogen (secondary N) is 1. The van der Waals surface area contributed by atoms with Crippen molar-refractivity contribution in [2.45, 2.75) is 19.6 Å². The molecular weight excluding hydrogens is 316 g/mol. The molecule has 0 bridgehead atoms. The summed E-state index contributed by atoms with van der Waals surface area (Å²) < 4.78 is 16.4. The van der Waals surface area contributed by atoms with Crippen LogP contribution in [0.1, 0.15) is 16.7 Å². The minimum Gasteiger partial charge on any atom is -0.454 e. The Bertz CT molecular complexity index is 697. The lowest BCUT2D eigenvalue weighted by Crippen LogP contribution is -2.35. The highest BCUT2D eigenvalue weighted by Crippen LogP contribution is 2.35. The molecule has 0 atom stereocenters. The number of hydrogen-bond acceptors (Lipinski definition) is 5. The molecule has 2 aromatic rings. The van der Waals surface area contributed by atoms with Gasteiger partial charge in [0.2, 0.25) is 6.79 Å². The van der Waals surface area contributed by atoms with Crippen molar-refractivity contribution in [1.29, 1.82) is 0 Å². The fraction of sp³-hybridized carbons (Fsp3) is 0.400. The van der Waals surface area contributed by atoms with Gasteiger partial charge in [0.05, 0.1) is 13.2 Å². The molecule has 5 nitrogen and oxygen atoms in total. The second kappa shape index (κ2) is 7.87. The normalized spacial score (nSPS) is 17.0. The van der Waals surface area contributed by atoms with Crippen LogP contribution in [0.25, 0.3) is 0 Å². The lowest BCUT2D eigenvalue weighted by Gasteiger charge is -2.26. The van der Waals surface area contributed by atoms with Crippen LogP contribution in [0.15, 0.2) is 42.5 Å². The van der Waals surface area contributed by atoms with E-state index in [1.165, 1.54) is 11.1 Å². The van der Waals surface area contributed by atoms with Crippen LogP contribution in [0, 0.1) is 0 Å². The standard InChI is InChI=1S/C20H24N2O3/c1-2-18(20-19(3-1)24-15-25-20)13-21-12-16-4-6-17(7-5-16)14-22-8-10-23-11-9-22/h1-7,21H,8-15H2. The number of morpholine rings is 1. The molecule has 1 saturated heterocycles. The predicted octanol–water partition coefficient (Wildman–Crippen LogP) is 2.54. The first kappa shape index (κ1) is 16.4. The van der Waals surface area contributed by atoms with Gasteiger partial charge in [0.1, 0.15) is 0 Å². The number of fused-ring (bicyclic) bond motifs is 1. The molecular formula is C20H24N2O3. The summed E-state index contributed by atoms with van der Waals surface area (Å²) in [6.07, 6.45) is 0. The van der Waals surface area contributed by atoms with Crippen molar-refractivity contribution in [3.05, 3.63) is 59.2 Å². The molecule has 0 radical (unpaired) electrons. The van der Waals surface area contributed by atoms with Crippen LogP contribution < -0.4 is 14.8 Å². The monoisotopic (exact) mass is 340 g/mol. The van der Waals surface area contributed by atoms with Crippen LogP contribution in [-0.2, 0) is 24.4 Å². The van der Waals surface area contributed by atoms with Crippen molar-refractivity contribution < 1.29 is 14.2 Å². The fourth-order valence-electron chi connectivity index (χ4n) is 3.25. The first-order chi connectivity index (χ1) is 12.4. The number of nitrogens with zero attached hydrogens (tertiary/aromatic N) is 1. The van der Waals surface area contributed by atoms with E-state index in [1.54, 1.807) is 0 Å². The first-order valence-electron chi connectivity index (χ1n) is 8.84. The van der Waals surface area contributed by atoms with E-state index in [0.29, 0.717) is 6.79 Å². The summed E-state index contributed by atoms with van der Waals surface area (Å²) in [5, 5.41) is 3.49. The zero-order valence-electron chi connectivity index (χ0n) is 14.4. The van der Waals surface area contributed by atoms with E-state index in [0.717, 1.165) is 63.0 Å². The Hall–Kier alpha value is -2.08. The van der Waals surface area contributed by atoms with E-state index in [9.17, 15) is 0 Å². The summed E-state index contributed by atoms with van der Waals surface area (Å²) in [5.41, 5.74) is 3.78. The zero-order chi connectivity index (χ0) is 16.9.